The van der Waals surface area contributed by atoms with Crippen LogP contribution >= 0.6 is 0 Å². The lowest BCUT2D eigenvalue weighted by atomic mass is 10.2. The van der Waals surface area contributed by atoms with Gasteiger partial charge in [-0.25, -0.2) is 4.98 Å². The van der Waals surface area contributed by atoms with Gasteiger partial charge < -0.3 is 0 Å². The largest absolute Gasteiger partial charge is 0.228 e. The van der Waals surface area contributed by atoms with Crippen LogP contribution in [0.3, 0.4) is 0 Å². The molecule has 1 heterocycles. The van der Waals surface area contributed by atoms with Crippen LogP contribution in [0.1, 0.15) is 11.1 Å². The highest BCUT2D eigenvalue weighted by Crippen LogP contribution is 2.06. The van der Waals surface area contributed by atoms with Crippen molar-refractivity contribution >= 4 is 12.2 Å². The summed E-state index contributed by atoms with van der Waals surface area (Å²) in [7, 11) is 0. The van der Waals surface area contributed by atoms with Gasteiger partial charge in [-0.2, -0.15) is 4.39 Å². The molecular weight excluding hydrogens is 189 g/mol. The van der Waals surface area contributed by atoms with Gasteiger partial charge in [0.15, 0.2) is 0 Å². The monoisotopic (exact) mass is 198 g/mol. The van der Waals surface area contributed by atoms with E-state index in [1.165, 1.54) is 12.3 Å². The van der Waals surface area contributed by atoms with Gasteiger partial charge in [0.05, 0.1) is 0 Å². The predicted octanol–water partition coefficient (Wildman–Crippen LogP) is 3.19. The second-order valence-electron chi connectivity index (χ2n) is 3.08. The molecule has 1 aromatic heterocycles. The van der Waals surface area contributed by atoms with E-state index < -0.39 is 5.95 Å². The Kier molecular flexibility index (Phi) is 2.88. The van der Waals surface area contributed by atoms with Crippen molar-refractivity contribution in [1.82, 2.24) is 4.98 Å². The highest BCUT2D eigenvalue weighted by molar-refractivity contribution is 5.68. The lowest BCUT2D eigenvalue weighted by molar-refractivity contribution is 0.583. The van der Waals surface area contributed by atoms with E-state index >= 15 is 0 Å². The van der Waals surface area contributed by atoms with Crippen LogP contribution in [0.5, 0.6) is 0 Å². The molecule has 1 radical (unpaired) electrons. The lowest BCUT2D eigenvalue weighted by Crippen LogP contribution is -1.80. The first-order valence-electron chi connectivity index (χ1n) is 4.60. The Hall–Kier alpha value is -1.96. The molecule has 2 rings (SSSR count). The van der Waals surface area contributed by atoms with Crippen LogP contribution < -0.4 is 0 Å². The van der Waals surface area contributed by atoms with Crippen LogP contribution in [0.4, 0.5) is 4.39 Å². The van der Waals surface area contributed by atoms with Gasteiger partial charge in [-0.1, -0.05) is 36.4 Å². The van der Waals surface area contributed by atoms with Gasteiger partial charge in [0.25, 0.3) is 0 Å². The van der Waals surface area contributed by atoms with Crippen molar-refractivity contribution in [2.45, 2.75) is 0 Å². The van der Waals surface area contributed by atoms with E-state index in [-0.39, 0.29) is 0 Å². The Morgan fingerprint density at radius 2 is 1.73 bits per heavy atom. The Balaban J connectivity index is 2.15. The second-order valence-corrected chi connectivity index (χ2v) is 3.08. The van der Waals surface area contributed by atoms with Crippen LogP contribution in [0.15, 0.2) is 42.6 Å². The zero-order valence-corrected chi connectivity index (χ0v) is 8.02. The Morgan fingerprint density at radius 3 is 2.40 bits per heavy atom. The Labute approximate surface area is 87.9 Å². The van der Waals surface area contributed by atoms with Gasteiger partial charge in [0.1, 0.15) is 0 Å². The number of nitrogens with zero attached hydrogens (tertiary/aromatic N) is 1. The van der Waals surface area contributed by atoms with Gasteiger partial charge in [-0.05, 0) is 29.3 Å². The molecule has 1 nitrogen and oxygen atoms in total. The standard InChI is InChI=1S/C13H9FN/c14-13-9-8-12(10-15-13)7-6-11-4-2-1-3-5-11/h2-10H. The number of hydrogen-bond donors (Lipinski definition) is 0. The predicted molar refractivity (Wildman–Crippen MR) is 58.4 cm³/mol. The summed E-state index contributed by atoms with van der Waals surface area (Å²) in [6, 6.07) is 13.6. The molecule has 15 heavy (non-hydrogen) atoms. The van der Waals surface area contributed by atoms with E-state index in [2.05, 4.69) is 11.1 Å². The first-order chi connectivity index (χ1) is 7.34. The van der Waals surface area contributed by atoms with E-state index in [1.807, 2.05) is 36.4 Å². The van der Waals surface area contributed by atoms with E-state index in [0.29, 0.717) is 0 Å². The van der Waals surface area contributed by atoms with Crippen LogP contribution in [-0.2, 0) is 0 Å². The third-order valence-corrected chi connectivity index (χ3v) is 1.96. The molecule has 2 heteroatoms. The number of halogens is 1. The summed E-state index contributed by atoms with van der Waals surface area (Å²) in [5.74, 6) is -0.457. The van der Waals surface area contributed by atoms with Crippen molar-refractivity contribution in [2.75, 3.05) is 0 Å². The number of pyridine rings is 1. The quantitative estimate of drug-likeness (QED) is 0.675. The van der Waals surface area contributed by atoms with E-state index in [1.54, 1.807) is 6.07 Å². The molecule has 0 spiro atoms. The fourth-order valence-corrected chi connectivity index (χ4v) is 1.19. The van der Waals surface area contributed by atoms with Crippen LogP contribution in [0.25, 0.3) is 12.2 Å². The van der Waals surface area contributed by atoms with Crippen molar-refractivity contribution in [3.8, 4) is 0 Å². The number of benzene rings is 1. The minimum Gasteiger partial charge on any atom is -0.228 e. The molecule has 0 fully saturated rings. The molecular formula is C13H9FN. The van der Waals surface area contributed by atoms with Gasteiger partial charge in [-0.15, -0.1) is 0 Å². The first-order valence-corrected chi connectivity index (χ1v) is 4.60. The van der Waals surface area contributed by atoms with E-state index in [9.17, 15) is 4.39 Å². The Morgan fingerprint density at radius 1 is 1.00 bits per heavy atom. The smallest absolute Gasteiger partial charge is 0.212 e. The molecule has 73 valence electrons. The highest BCUT2D eigenvalue weighted by atomic mass is 19.1. The third-order valence-electron chi connectivity index (χ3n) is 1.96. The molecule has 0 N–H and O–H groups in total. The number of aromatic nitrogens is 1. The van der Waals surface area contributed by atoms with Gasteiger partial charge in [0.2, 0.25) is 5.95 Å². The summed E-state index contributed by atoms with van der Waals surface area (Å²) >= 11 is 0. The van der Waals surface area contributed by atoms with Crippen LogP contribution in [-0.4, -0.2) is 4.98 Å². The third kappa shape index (κ3) is 2.74. The molecule has 0 bridgehead atoms. The normalized spacial score (nSPS) is 10.7. The zero-order chi connectivity index (χ0) is 10.5. The van der Waals surface area contributed by atoms with Gasteiger partial charge >= 0.3 is 0 Å². The topological polar surface area (TPSA) is 12.9 Å². The average molecular weight is 198 g/mol. The van der Waals surface area contributed by atoms with Crippen molar-refractivity contribution < 1.29 is 4.39 Å². The summed E-state index contributed by atoms with van der Waals surface area (Å²) in [6.07, 6.45) is 5.34. The van der Waals surface area contributed by atoms with Crippen molar-refractivity contribution in [3.05, 3.63) is 65.7 Å². The highest BCUT2D eigenvalue weighted by Gasteiger charge is 1.90. The maximum atomic E-state index is 12.5. The van der Waals surface area contributed by atoms with Crippen LogP contribution in [0.2, 0.25) is 0 Å². The molecule has 1 aromatic carbocycles. The van der Waals surface area contributed by atoms with Gasteiger partial charge in [0, 0.05) is 6.20 Å². The number of rotatable bonds is 2. The Bertz CT molecular complexity index is 446. The van der Waals surface area contributed by atoms with E-state index in [4.69, 9.17) is 0 Å². The minimum atomic E-state index is -0.457. The van der Waals surface area contributed by atoms with Crippen LogP contribution in [0, 0.1) is 12.0 Å². The maximum absolute atomic E-state index is 12.5. The van der Waals surface area contributed by atoms with Crippen molar-refractivity contribution in [1.29, 1.82) is 0 Å². The first kappa shape index (κ1) is 9.59. The summed E-state index contributed by atoms with van der Waals surface area (Å²) in [6.45, 7) is 0. The summed E-state index contributed by atoms with van der Waals surface area (Å²) in [4.78, 5) is 3.57. The SMILES string of the molecule is Fc1ccc(C=Cc2cc[c]cc2)cn1. The summed E-state index contributed by atoms with van der Waals surface area (Å²) in [5.41, 5.74) is 1.96. The fourth-order valence-electron chi connectivity index (χ4n) is 1.19. The fraction of sp³-hybridized carbons (Fsp3) is 0. The minimum absolute atomic E-state index is 0.457. The average Bonchev–Trinajstić information content (AvgIpc) is 2.30. The van der Waals surface area contributed by atoms with Gasteiger partial charge in [-0.3, -0.25) is 0 Å². The molecule has 0 atom stereocenters. The molecule has 0 aliphatic heterocycles. The second kappa shape index (κ2) is 4.51. The van der Waals surface area contributed by atoms with Crippen molar-refractivity contribution in [2.24, 2.45) is 0 Å². The lowest BCUT2D eigenvalue weighted by Gasteiger charge is -1.93. The molecule has 0 saturated carbocycles. The molecule has 0 aliphatic rings. The van der Waals surface area contributed by atoms with Crippen molar-refractivity contribution in [3.63, 3.8) is 0 Å². The number of hydrogen-bond acceptors (Lipinski definition) is 1. The van der Waals surface area contributed by atoms with E-state index in [0.717, 1.165) is 11.1 Å². The summed E-state index contributed by atoms with van der Waals surface area (Å²) in [5, 5.41) is 0. The summed E-state index contributed by atoms with van der Waals surface area (Å²) < 4.78 is 12.5. The molecule has 0 unspecified atom stereocenters. The maximum Gasteiger partial charge on any atom is 0.212 e. The molecule has 2 aromatic rings. The zero-order valence-electron chi connectivity index (χ0n) is 8.02. The molecule has 0 amide bonds. The molecule has 0 aliphatic carbocycles. The molecule has 0 saturated heterocycles.